The molecule has 0 aliphatic heterocycles. The van der Waals surface area contributed by atoms with E-state index in [0.717, 1.165) is 22.4 Å². The Labute approximate surface area is 210 Å². The highest BCUT2D eigenvalue weighted by Gasteiger charge is 2.53. The monoisotopic (exact) mass is 484 g/mol. The molecule has 0 saturated heterocycles. The van der Waals surface area contributed by atoms with Crippen molar-refractivity contribution in [2.45, 2.75) is 52.2 Å². The van der Waals surface area contributed by atoms with Crippen molar-refractivity contribution in [3.63, 3.8) is 0 Å². The molecular weight excluding hydrogens is 448 g/mol. The summed E-state index contributed by atoms with van der Waals surface area (Å²) in [5.74, 6) is 1.10. The molecule has 1 aliphatic rings. The molecule has 35 heavy (non-hydrogen) atoms. The van der Waals surface area contributed by atoms with E-state index in [4.69, 9.17) is 9.16 Å². The molecule has 4 rings (SSSR count). The van der Waals surface area contributed by atoms with Crippen LogP contribution in [0.3, 0.4) is 0 Å². The first-order valence-corrected chi connectivity index (χ1v) is 14.3. The van der Waals surface area contributed by atoms with Crippen LogP contribution in [0.15, 0.2) is 84.4 Å². The van der Waals surface area contributed by atoms with E-state index in [2.05, 4.69) is 95.3 Å². The van der Waals surface area contributed by atoms with Gasteiger partial charge in [0.1, 0.15) is 5.75 Å². The van der Waals surface area contributed by atoms with Crippen LogP contribution in [0.5, 0.6) is 5.75 Å². The largest absolute Gasteiger partial charge is 0.497 e. The van der Waals surface area contributed by atoms with Crippen LogP contribution in [-0.4, -0.2) is 27.3 Å². The smallest absolute Gasteiger partial charge is 0.261 e. The Bertz CT molecular complexity index is 1170. The fourth-order valence-electron chi connectivity index (χ4n) is 5.31. The lowest BCUT2D eigenvalue weighted by molar-refractivity contribution is -0.114. The third-order valence-electron chi connectivity index (χ3n) is 7.16. The van der Waals surface area contributed by atoms with Crippen molar-refractivity contribution in [2.24, 2.45) is 5.92 Å². The van der Waals surface area contributed by atoms with Crippen LogP contribution in [0.4, 0.5) is 0 Å². The Balaban J connectivity index is 1.87. The number of aryl methyl sites for hydroxylation is 1. The molecule has 0 aromatic heterocycles. The van der Waals surface area contributed by atoms with Crippen LogP contribution in [0, 0.1) is 12.8 Å². The number of carbonyl (C=O) groups is 1. The zero-order valence-electron chi connectivity index (χ0n) is 21.7. The van der Waals surface area contributed by atoms with E-state index in [9.17, 15) is 4.79 Å². The molecule has 0 spiro atoms. The second-order valence-corrected chi connectivity index (χ2v) is 14.9. The van der Waals surface area contributed by atoms with Crippen molar-refractivity contribution in [3.05, 3.63) is 95.6 Å². The van der Waals surface area contributed by atoms with Crippen molar-refractivity contribution in [1.29, 1.82) is 0 Å². The highest BCUT2D eigenvalue weighted by atomic mass is 28.4. The molecule has 0 heterocycles. The maximum atomic E-state index is 13.3. The molecule has 3 aromatic carbocycles. The summed E-state index contributed by atoms with van der Waals surface area (Å²) in [6.07, 6.45) is 2.28. The Hall–Kier alpha value is -2.95. The van der Waals surface area contributed by atoms with Gasteiger partial charge in [0, 0.05) is 12.0 Å². The number of ether oxygens (including phenoxy) is 1. The van der Waals surface area contributed by atoms with Gasteiger partial charge >= 0.3 is 0 Å². The molecule has 2 atom stereocenters. The predicted octanol–water partition coefficient (Wildman–Crippen LogP) is 5.94. The standard InChI is InChI=1S/C31H36O3Si/c1-22-19-25(33-6)18-17-24(22)21-28-29(32)20-23(2)30(28)34-35(31(3,4)5,26-13-9-7-10-14-26)27-15-11-8-12-16-27/h7-19,21,23,30H,20H2,1-6H3/b28-21+. The Kier molecular flexibility index (Phi) is 7.16. The van der Waals surface area contributed by atoms with Gasteiger partial charge in [-0.15, -0.1) is 0 Å². The summed E-state index contributed by atoms with van der Waals surface area (Å²) in [5.41, 5.74) is 2.88. The minimum absolute atomic E-state index is 0.106. The lowest BCUT2D eigenvalue weighted by Gasteiger charge is -2.45. The minimum Gasteiger partial charge on any atom is -0.497 e. The molecule has 0 bridgehead atoms. The fourth-order valence-corrected chi connectivity index (χ4v) is 10.1. The van der Waals surface area contributed by atoms with Gasteiger partial charge in [-0.25, -0.2) is 0 Å². The van der Waals surface area contributed by atoms with Gasteiger partial charge in [0.05, 0.1) is 13.2 Å². The van der Waals surface area contributed by atoms with Crippen molar-refractivity contribution < 1.29 is 14.0 Å². The number of hydrogen-bond donors (Lipinski definition) is 0. The first-order valence-electron chi connectivity index (χ1n) is 12.4. The van der Waals surface area contributed by atoms with Crippen LogP contribution >= 0.6 is 0 Å². The summed E-state index contributed by atoms with van der Waals surface area (Å²) in [4.78, 5) is 13.3. The predicted molar refractivity (Wildman–Crippen MR) is 147 cm³/mol. The molecule has 1 fully saturated rings. The first kappa shape index (κ1) is 25.1. The van der Waals surface area contributed by atoms with Gasteiger partial charge in [-0.3, -0.25) is 4.79 Å². The number of carbonyl (C=O) groups excluding carboxylic acids is 1. The van der Waals surface area contributed by atoms with Crippen molar-refractivity contribution in [3.8, 4) is 5.75 Å². The van der Waals surface area contributed by atoms with E-state index < -0.39 is 8.32 Å². The van der Waals surface area contributed by atoms with E-state index in [1.165, 1.54) is 10.4 Å². The molecule has 0 amide bonds. The van der Waals surface area contributed by atoms with Crippen molar-refractivity contribution in [1.82, 2.24) is 0 Å². The van der Waals surface area contributed by atoms with Crippen molar-refractivity contribution in [2.75, 3.05) is 7.11 Å². The summed E-state index contributed by atoms with van der Waals surface area (Å²) in [7, 11) is -1.12. The number of ketones is 1. The molecule has 3 nitrogen and oxygen atoms in total. The molecule has 4 heteroatoms. The average Bonchev–Trinajstić information content (AvgIpc) is 3.10. The van der Waals surface area contributed by atoms with Gasteiger partial charge in [-0.05, 0) is 57.6 Å². The van der Waals surface area contributed by atoms with Crippen molar-refractivity contribution >= 4 is 30.6 Å². The highest BCUT2D eigenvalue weighted by molar-refractivity contribution is 6.99. The summed E-state index contributed by atoms with van der Waals surface area (Å²) < 4.78 is 12.8. The number of methoxy groups -OCH3 is 1. The van der Waals surface area contributed by atoms with Crippen LogP contribution in [0.25, 0.3) is 6.08 Å². The fraction of sp³-hybridized carbons (Fsp3) is 0.323. The van der Waals surface area contributed by atoms with Crippen LogP contribution in [0.2, 0.25) is 5.04 Å². The second-order valence-electron chi connectivity index (χ2n) is 10.6. The first-order chi connectivity index (χ1) is 16.7. The summed E-state index contributed by atoms with van der Waals surface area (Å²) in [5, 5.41) is 2.30. The van der Waals surface area contributed by atoms with E-state index in [1.54, 1.807) is 7.11 Å². The number of benzene rings is 3. The minimum atomic E-state index is -2.79. The lowest BCUT2D eigenvalue weighted by atomic mass is 10.0. The second kappa shape index (κ2) is 9.96. The van der Waals surface area contributed by atoms with Gasteiger partial charge in [-0.2, -0.15) is 0 Å². The molecule has 2 unspecified atom stereocenters. The number of Topliss-reactive ketones (excluding diaryl/α,β-unsaturated/α-hetero) is 1. The number of rotatable bonds is 6. The Morgan fingerprint density at radius 1 is 0.914 bits per heavy atom. The molecule has 0 N–H and O–H groups in total. The van der Waals surface area contributed by atoms with Gasteiger partial charge in [0.2, 0.25) is 0 Å². The molecule has 1 saturated carbocycles. The molecule has 182 valence electrons. The Morgan fingerprint density at radius 3 is 1.97 bits per heavy atom. The maximum Gasteiger partial charge on any atom is 0.261 e. The molecular formula is C31H36O3Si. The summed E-state index contributed by atoms with van der Waals surface area (Å²) in [6, 6.07) is 27.2. The normalized spacial score (nSPS) is 19.8. The van der Waals surface area contributed by atoms with Gasteiger partial charge < -0.3 is 9.16 Å². The van der Waals surface area contributed by atoms with E-state index in [1.807, 2.05) is 24.3 Å². The van der Waals surface area contributed by atoms with Crippen LogP contribution < -0.4 is 15.1 Å². The zero-order valence-corrected chi connectivity index (χ0v) is 22.7. The highest BCUT2D eigenvalue weighted by Crippen LogP contribution is 2.42. The van der Waals surface area contributed by atoms with E-state index >= 15 is 0 Å². The average molecular weight is 485 g/mol. The van der Waals surface area contributed by atoms with Crippen LogP contribution in [-0.2, 0) is 9.22 Å². The SMILES string of the molecule is COc1ccc(/C=C2\C(=O)CC(C)C2O[Si](c2ccccc2)(c2ccccc2)C(C)(C)C)c(C)c1. The quantitative estimate of drug-likeness (QED) is 0.321. The zero-order chi connectivity index (χ0) is 25.2. The van der Waals surface area contributed by atoms with Gasteiger partial charge in [0.25, 0.3) is 8.32 Å². The molecule has 1 aliphatic carbocycles. The van der Waals surface area contributed by atoms with Gasteiger partial charge in [0.15, 0.2) is 5.78 Å². The number of hydrogen-bond acceptors (Lipinski definition) is 3. The Morgan fingerprint density at radius 2 is 1.49 bits per heavy atom. The van der Waals surface area contributed by atoms with Crippen LogP contribution in [0.1, 0.15) is 45.2 Å². The molecule has 0 radical (unpaired) electrons. The maximum absolute atomic E-state index is 13.3. The lowest BCUT2D eigenvalue weighted by Crippen LogP contribution is -2.68. The third kappa shape index (κ3) is 4.78. The summed E-state index contributed by atoms with van der Waals surface area (Å²) in [6.45, 7) is 11.0. The van der Waals surface area contributed by atoms with E-state index in [-0.39, 0.29) is 22.8 Å². The third-order valence-corrected chi connectivity index (χ3v) is 12.2. The van der Waals surface area contributed by atoms with E-state index in [0.29, 0.717) is 6.42 Å². The molecule has 3 aromatic rings. The summed E-state index contributed by atoms with van der Waals surface area (Å²) >= 11 is 0. The topological polar surface area (TPSA) is 35.5 Å². The van der Waals surface area contributed by atoms with Gasteiger partial charge in [-0.1, -0.05) is 94.4 Å².